The maximum Gasteiger partial charge on any atom is 0.0889 e. The minimum absolute atomic E-state index is 0.278. The smallest absolute Gasteiger partial charge is 0.0889 e. The van der Waals surface area contributed by atoms with E-state index in [-0.39, 0.29) is 5.92 Å². The number of rotatable bonds is 3. The predicted octanol–water partition coefficient (Wildman–Crippen LogP) is 4.30. The highest BCUT2D eigenvalue weighted by atomic mass is 14.8. The highest BCUT2D eigenvalue weighted by Crippen LogP contribution is 2.24. The summed E-state index contributed by atoms with van der Waals surface area (Å²) < 4.78 is 0. The first-order chi connectivity index (χ1) is 9.84. The summed E-state index contributed by atoms with van der Waals surface area (Å²) in [5.41, 5.74) is 4.18. The van der Waals surface area contributed by atoms with E-state index in [2.05, 4.69) is 42.2 Å². The molecule has 2 heterocycles. The van der Waals surface area contributed by atoms with Crippen molar-refractivity contribution in [3.63, 3.8) is 0 Å². The fraction of sp³-hybridized carbons (Fsp3) is 0.111. The monoisotopic (exact) mass is 260 g/mol. The highest BCUT2D eigenvalue weighted by Gasteiger charge is 2.10. The van der Waals surface area contributed by atoms with E-state index in [0.717, 1.165) is 17.1 Å². The molecule has 0 aliphatic carbocycles. The van der Waals surface area contributed by atoms with E-state index < -0.39 is 0 Å². The molecular weight excluding hydrogens is 244 g/mol. The van der Waals surface area contributed by atoms with E-state index in [0.29, 0.717) is 0 Å². The molecule has 2 heteroatoms. The van der Waals surface area contributed by atoms with Crippen molar-refractivity contribution in [2.45, 2.75) is 12.8 Å². The number of benzene rings is 1. The second-order valence-corrected chi connectivity index (χ2v) is 4.80. The van der Waals surface area contributed by atoms with Crippen LogP contribution >= 0.6 is 0 Å². The molecule has 98 valence electrons. The summed E-state index contributed by atoms with van der Waals surface area (Å²) in [7, 11) is 0. The Labute approximate surface area is 119 Å². The molecule has 2 nitrogen and oxygen atoms in total. The van der Waals surface area contributed by atoms with Crippen LogP contribution in [0.3, 0.4) is 0 Å². The lowest BCUT2D eigenvalue weighted by atomic mass is 9.97. The topological polar surface area (TPSA) is 25.8 Å². The summed E-state index contributed by atoms with van der Waals surface area (Å²) in [6, 6.07) is 22.5. The van der Waals surface area contributed by atoms with Crippen molar-refractivity contribution < 1.29 is 0 Å². The third kappa shape index (κ3) is 2.59. The number of hydrogen-bond acceptors (Lipinski definition) is 2. The van der Waals surface area contributed by atoms with Gasteiger partial charge in [0.2, 0.25) is 0 Å². The van der Waals surface area contributed by atoms with Crippen LogP contribution in [-0.4, -0.2) is 9.97 Å². The van der Waals surface area contributed by atoms with Gasteiger partial charge >= 0.3 is 0 Å². The molecule has 0 radical (unpaired) electrons. The van der Waals surface area contributed by atoms with Gasteiger partial charge in [-0.2, -0.15) is 0 Å². The van der Waals surface area contributed by atoms with Gasteiger partial charge in [-0.05, 0) is 29.8 Å². The van der Waals surface area contributed by atoms with Gasteiger partial charge in [-0.15, -0.1) is 0 Å². The van der Waals surface area contributed by atoms with Crippen LogP contribution in [0.4, 0.5) is 0 Å². The Kier molecular flexibility index (Phi) is 3.55. The molecule has 0 N–H and O–H groups in total. The summed E-state index contributed by atoms with van der Waals surface area (Å²) >= 11 is 0. The molecule has 0 saturated carbocycles. The lowest BCUT2D eigenvalue weighted by molar-refractivity contribution is 0.872. The zero-order chi connectivity index (χ0) is 13.8. The molecule has 0 spiro atoms. The van der Waals surface area contributed by atoms with Gasteiger partial charge in [0.25, 0.3) is 0 Å². The second kappa shape index (κ2) is 5.66. The van der Waals surface area contributed by atoms with Crippen LogP contribution in [0.25, 0.3) is 11.4 Å². The van der Waals surface area contributed by atoms with Crippen molar-refractivity contribution in [3.05, 3.63) is 84.2 Å². The molecular formula is C18H16N2. The molecule has 1 unspecified atom stereocenters. The normalized spacial score (nSPS) is 12.1. The standard InChI is InChI=1S/C18H16N2/c1-14(15-8-3-2-4-9-15)16-11-7-12-18(20-16)17-10-5-6-13-19-17/h2-14H,1H3. The Balaban J connectivity index is 1.96. The second-order valence-electron chi connectivity index (χ2n) is 4.80. The van der Waals surface area contributed by atoms with Crippen LogP contribution < -0.4 is 0 Å². The molecule has 0 amide bonds. The molecule has 0 bridgehead atoms. The average Bonchev–Trinajstić information content (AvgIpc) is 2.56. The Morgan fingerprint density at radius 2 is 1.50 bits per heavy atom. The molecule has 3 rings (SSSR count). The van der Waals surface area contributed by atoms with Gasteiger partial charge < -0.3 is 0 Å². The third-order valence-corrected chi connectivity index (χ3v) is 3.44. The van der Waals surface area contributed by atoms with Crippen LogP contribution in [0, 0.1) is 0 Å². The number of nitrogens with zero attached hydrogens (tertiary/aromatic N) is 2. The summed E-state index contributed by atoms with van der Waals surface area (Å²) in [4.78, 5) is 9.12. The minimum atomic E-state index is 0.278. The summed E-state index contributed by atoms with van der Waals surface area (Å²) in [6.07, 6.45) is 1.80. The molecule has 3 aromatic rings. The van der Waals surface area contributed by atoms with E-state index in [1.165, 1.54) is 5.56 Å². The maximum atomic E-state index is 4.76. The summed E-state index contributed by atoms with van der Waals surface area (Å²) in [5.74, 6) is 0.278. The zero-order valence-electron chi connectivity index (χ0n) is 11.4. The molecule has 2 aromatic heterocycles. The van der Waals surface area contributed by atoms with Crippen molar-refractivity contribution in [3.8, 4) is 11.4 Å². The van der Waals surface area contributed by atoms with Gasteiger partial charge in [-0.1, -0.05) is 49.4 Å². The lowest BCUT2D eigenvalue weighted by Crippen LogP contribution is -2.00. The highest BCUT2D eigenvalue weighted by molar-refractivity contribution is 5.54. The van der Waals surface area contributed by atoms with Crippen molar-refractivity contribution >= 4 is 0 Å². The average molecular weight is 260 g/mol. The van der Waals surface area contributed by atoms with Crippen molar-refractivity contribution in [1.82, 2.24) is 9.97 Å². The van der Waals surface area contributed by atoms with E-state index in [1.807, 2.05) is 36.4 Å². The first-order valence-electron chi connectivity index (χ1n) is 6.78. The van der Waals surface area contributed by atoms with Crippen LogP contribution in [0.1, 0.15) is 24.1 Å². The van der Waals surface area contributed by atoms with Crippen LogP contribution in [0.2, 0.25) is 0 Å². The van der Waals surface area contributed by atoms with E-state index in [4.69, 9.17) is 4.98 Å². The molecule has 0 fully saturated rings. The fourth-order valence-electron chi connectivity index (χ4n) is 2.26. The van der Waals surface area contributed by atoms with Crippen LogP contribution in [0.5, 0.6) is 0 Å². The van der Waals surface area contributed by atoms with Gasteiger partial charge in [-0.3, -0.25) is 9.97 Å². The van der Waals surface area contributed by atoms with Gasteiger partial charge in [0.1, 0.15) is 0 Å². The Morgan fingerprint density at radius 3 is 2.25 bits per heavy atom. The molecule has 1 atom stereocenters. The minimum Gasteiger partial charge on any atom is -0.255 e. The Morgan fingerprint density at radius 1 is 0.750 bits per heavy atom. The van der Waals surface area contributed by atoms with Crippen molar-refractivity contribution in [1.29, 1.82) is 0 Å². The van der Waals surface area contributed by atoms with Gasteiger partial charge in [-0.25, -0.2) is 0 Å². The van der Waals surface area contributed by atoms with Crippen LogP contribution in [-0.2, 0) is 0 Å². The molecule has 0 saturated heterocycles. The first-order valence-corrected chi connectivity index (χ1v) is 6.78. The number of hydrogen-bond donors (Lipinski definition) is 0. The predicted molar refractivity (Wildman–Crippen MR) is 81.4 cm³/mol. The number of aromatic nitrogens is 2. The van der Waals surface area contributed by atoms with E-state index in [9.17, 15) is 0 Å². The molecule has 1 aromatic carbocycles. The van der Waals surface area contributed by atoms with Gasteiger partial charge in [0.05, 0.1) is 11.4 Å². The Bertz CT molecular complexity index is 678. The summed E-state index contributed by atoms with van der Waals surface area (Å²) in [5, 5.41) is 0. The summed E-state index contributed by atoms with van der Waals surface area (Å²) in [6.45, 7) is 2.18. The van der Waals surface area contributed by atoms with E-state index >= 15 is 0 Å². The Hall–Kier alpha value is -2.48. The van der Waals surface area contributed by atoms with E-state index in [1.54, 1.807) is 6.20 Å². The lowest BCUT2D eigenvalue weighted by Gasteiger charge is -2.12. The largest absolute Gasteiger partial charge is 0.255 e. The zero-order valence-corrected chi connectivity index (χ0v) is 11.4. The number of pyridine rings is 2. The molecule has 20 heavy (non-hydrogen) atoms. The first kappa shape index (κ1) is 12.5. The van der Waals surface area contributed by atoms with Gasteiger partial charge in [0.15, 0.2) is 0 Å². The molecule has 0 aliphatic rings. The quantitative estimate of drug-likeness (QED) is 0.702. The fourth-order valence-corrected chi connectivity index (χ4v) is 2.26. The van der Waals surface area contributed by atoms with Crippen molar-refractivity contribution in [2.24, 2.45) is 0 Å². The maximum absolute atomic E-state index is 4.76. The molecule has 0 aliphatic heterocycles. The van der Waals surface area contributed by atoms with Gasteiger partial charge in [0, 0.05) is 17.8 Å². The van der Waals surface area contributed by atoms with Crippen LogP contribution in [0.15, 0.2) is 72.9 Å². The third-order valence-electron chi connectivity index (χ3n) is 3.44. The SMILES string of the molecule is CC(c1ccccc1)c1cccc(-c2ccccn2)n1. The van der Waals surface area contributed by atoms with Crippen molar-refractivity contribution in [2.75, 3.05) is 0 Å².